The van der Waals surface area contributed by atoms with E-state index in [1.54, 1.807) is 13.0 Å². The van der Waals surface area contributed by atoms with Crippen LogP contribution in [0.5, 0.6) is 5.75 Å². The average Bonchev–Trinajstić information content (AvgIpc) is 2.61. The summed E-state index contributed by atoms with van der Waals surface area (Å²) in [6.07, 6.45) is 0. The van der Waals surface area contributed by atoms with Crippen molar-refractivity contribution in [1.82, 2.24) is 10.9 Å². The Morgan fingerprint density at radius 2 is 1.84 bits per heavy atom. The fraction of sp³-hybridized carbons (Fsp3) is 0.176. The normalized spacial score (nSPS) is 11.5. The number of hydrazine groups is 1. The molecule has 25 heavy (non-hydrogen) atoms. The molecule has 1 atom stereocenters. The van der Waals surface area contributed by atoms with Crippen molar-refractivity contribution in [3.05, 3.63) is 57.5 Å². The van der Waals surface area contributed by atoms with Crippen molar-refractivity contribution in [3.8, 4) is 5.75 Å². The van der Waals surface area contributed by atoms with E-state index in [9.17, 15) is 9.59 Å². The minimum Gasteiger partial charge on any atom is -0.496 e. The van der Waals surface area contributed by atoms with Crippen molar-refractivity contribution in [2.75, 3.05) is 7.11 Å². The Kier molecular flexibility index (Phi) is 7.16. The molecule has 0 aliphatic carbocycles. The lowest BCUT2D eigenvalue weighted by molar-refractivity contribution is -0.121. The molecule has 1 unspecified atom stereocenters. The molecule has 2 aromatic carbocycles. The van der Waals surface area contributed by atoms with E-state index in [0.717, 1.165) is 9.37 Å². The van der Waals surface area contributed by atoms with E-state index in [1.165, 1.54) is 31.0 Å². The van der Waals surface area contributed by atoms with E-state index < -0.39 is 5.91 Å². The number of thioether (sulfide) groups is 1. The summed E-state index contributed by atoms with van der Waals surface area (Å²) in [4.78, 5) is 25.3. The zero-order valence-corrected chi connectivity index (χ0v) is 16.7. The van der Waals surface area contributed by atoms with E-state index in [0.29, 0.717) is 10.8 Å². The molecule has 0 saturated heterocycles. The van der Waals surface area contributed by atoms with Gasteiger partial charge >= 0.3 is 0 Å². The average molecular weight is 444 g/mol. The minimum absolute atomic E-state index is 0.278. The molecule has 2 rings (SSSR count). The molecule has 0 radical (unpaired) electrons. The van der Waals surface area contributed by atoms with Crippen molar-refractivity contribution < 1.29 is 14.3 Å². The van der Waals surface area contributed by atoms with Gasteiger partial charge in [-0.2, -0.15) is 0 Å². The van der Waals surface area contributed by atoms with Gasteiger partial charge in [0.1, 0.15) is 5.75 Å². The number of rotatable bonds is 5. The van der Waals surface area contributed by atoms with E-state index in [-0.39, 0.29) is 16.7 Å². The van der Waals surface area contributed by atoms with E-state index >= 15 is 0 Å². The fourth-order valence-electron chi connectivity index (χ4n) is 1.91. The molecular weight excluding hydrogens is 428 g/mol. The first-order valence-corrected chi connectivity index (χ1v) is 9.31. The Balaban J connectivity index is 1.92. The third-order valence-corrected chi connectivity index (χ3v) is 5.08. The quantitative estimate of drug-likeness (QED) is 0.540. The highest BCUT2D eigenvalue weighted by Gasteiger charge is 2.17. The second-order valence-corrected chi connectivity index (χ2v) is 7.77. The van der Waals surface area contributed by atoms with E-state index in [1.807, 2.05) is 24.3 Å². The lowest BCUT2D eigenvalue weighted by atomic mass is 10.2. The molecule has 0 heterocycles. The topological polar surface area (TPSA) is 67.4 Å². The second-order valence-electron chi connectivity index (χ2n) is 5.00. The van der Waals surface area contributed by atoms with Crippen LogP contribution < -0.4 is 15.6 Å². The van der Waals surface area contributed by atoms with Gasteiger partial charge in [-0.05, 0) is 49.4 Å². The SMILES string of the molecule is COc1cc(Cl)ccc1C(=O)NNC(=O)C(C)Sc1ccc(Br)cc1. The molecule has 0 aliphatic heterocycles. The Hall–Kier alpha value is -1.70. The van der Waals surface area contributed by atoms with Crippen LogP contribution >= 0.6 is 39.3 Å². The Labute approximate surface area is 163 Å². The highest BCUT2D eigenvalue weighted by atomic mass is 79.9. The molecule has 0 bridgehead atoms. The van der Waals surface area contributed by atoms with Gasteiger partial charge in [-0.3, -0.25) is 20.4 Å². The van der Waals surface area contributed by atoms with Crippen LogP contribution in [0.2, 0.25) is 5.02 Å². The number of benzene rings is 2. The number of methoxy groups -OCH3 is 1. The molecule has 0 fully saturated rings. The summed E-state index contributed by atoms with van der Waals surface area (Å²) in [5.41, 5.74) is 5.09. The van der Waals surface area contributed by atoms with Crippen LogP contribution in [0.1, 0.15) is 17.3 Å². The highest BCUT2D eigenvalue weighted by Crippen LogP contribution is 2.25. The largest absolute Gasteiger partial charge is 0.496 e. The maximum Gasteiger partial charge on any atom is 0.273 e. The standard InChI is InChI=1S/C17H16BrClN2O3S/c1-10(25-13-6-3-11(18)4-7-13)16(22)20-21-17(23)14-8-5-12(19)9-15(14)24-2/h3-10H,1-2H3,(H,20,22)(H,21,23). The third-order valence-electron chi connectivity index (χ3n) is 3.20. The zero-order chi connectivity index (χ0) is 18.4. The lowest BCUT2D eigenvalue weighted by Crippen LogP contribution is -2.45. The van der Waals surface area contributed by atoms with Gasteiger partial charge in [0.2, 0.25) is 0 Å². The predicted octanol–water partition coefficient (Wildman–Crippen LogP) is 4.05. The number of ether oxygens (including phenoxy) is 1. The lowest BCUT2D eigenvalue weighted by Gasteiger charge is -2.14. The highest BCUT2D eigenvalue weighted by molar-refractivity contribution is 9.10. The van der Waals surface area contributed by atoms with Gasteiger partial charge < -0.3 is 4.74 Å². The fourth-order valence-corrected chi connectivity index (χ4v) is 3.20. The summed E-state index contributed by atoms with van der Waals surface area (Å²) in [7, 11) is 1.44. The number of hydrogen-bond acceptors (Lipinski definition) is 4. The first-order valence-electron chi connectivity index (χ1n) is 7.26. The van der Waals surface area contributed by atoms with Crippen LogP contribution in [-0.4, -0.2) is 24.2 Å². The van der Waals surface area contributed by atoms with Crippen LogP contribution in [0.15, 0.2) is 51.8 Å². The van der Waals surface area contributed by atoms with Gasteiger partial charge in [0.25, 0.3) is 11.8 Å². The molecule has 2 aromatic rings. The smallest absolute Gasteiger partial charge is 0.273 e. The summed E-state index contributed by atoms with van der Waals surface area (Å²) < 4.78 is 6.09. The molecule has 0 aromatic heterocycles. The Morgan fingerprint density at radius 1 is 1.16 bits per heavy atom. The molecule has 8 heteroatoms. The number of nitrogens with one attached hydrogen (secondary N) is 2. The van der Waals surface area contributed by atoms with Crippen molar-refractivity contribution in [3.63, 3.8) is 0 Å². The number of carbonyl (C=O) groups is 2. The molecular formula is C17H16BrClN2O3S. The maximum atomic E-state index is 12.2. The van der Waals surface area contributed by atoms with Gasteiger partial charge in [-0.1, -0.05) is 27.5 Å². The van der Waals surface area contributed by atoms with Gasteiger partial charge in [0.15, 0.2) is 0 Å². The van der Waals surface area contributed by atoms with E-state index in [4.69, 9.17) is 16.3 Å². The molecule has 0 aliphatic rings. The number of hydrogen-bond donors (Lipinski definition) is 2. The summed E-state index contributed by atoms with van der Waals surface area (Å²) in [6.45, 7) is 1.76. The summed E-state index contributed by atoms with van der Waals surface area (Å²) in [5.74, 6) is -0.464. The molecule has 132 valence electrons. The van der Waals surface area contributed by atoms with Gasteiger partial charge in [-0.15, -0.1) is 11.8 Å². The monoisotopic (exact) mass is 442 g/mol. The summed E-state index contributed by atoms with van der Waals surface area (Å²) in [6, 6.07) is 12.3. The maximum absolute atomic E-state index is 12.2. The predicted molar refractivity (Wildman–Crippen MR) is 103 cm³/mol. The molecule has 0 spiro atoms. The molecule has 5 nitrogen and oxygen atoms in total. The van der Waals surface area contributed by atoms with Crippen molar-refractivity contribution >= 4 is 51.1 Å². The summed E-state index contributed by atoms with van der Waals surface area (Å²) in [5, 5.41) is 0.0746. The van der Waals surface area contributed by atoms with Crippen molar-refractivity contribution in [1.29, 1.82) is 0 Å². The van der Waals surface area contributed by atoms with Crippen LogP contribution in [0.4, 0.5) is 0 Å². The third kappa shape index (κ3) is 5.66. The Morgan fingerprint density at radius 3 is 2.48 bits per heavy atom. The van der Waals surface area contributed by atoms with Gasteiger partial charge in [0.05, 0.1) is 17.9 Å². The van der Waals surface area contributed by atoms with Crippen molar-refractivity contribution in [2.24, 2.45) is 0 Å². The van der Waals surface area contributed by atoms with Crippen LogP contribution in [0.25, 0.3) is 0 Å². The zero-order valence-electron chi connectivity index (χ0n) is 13.5. The van der Waals surface area contributed by atoms with Crippen LogP contribution in [0, 0.1) is 0 Å². The summed E-state index contributed by atoms with van der Waals surface area (Å²) >= 11 is 10.6. The van der Waals surface area contributed by atoms with Gasteiger partial charge in [0, 0.05) is 14.4 Å². The van der Waals surface area contributed by atoms with E-state index in [2.05, 4.69) is 26.8 Å². The first-order chi connectivity index (χ1) is 11.9. The van der Waals surface area contributed by atoms with Crippen LogP contribution in [0.3, 0.4) is 0 Å². The van der Waals surface area contributed by atoms with Crippen LogP contribution in [-0.2, 0) is 4.79 Å². The van der Waals surface area contributed by atoms with Gasteiger partial charge in [-0.25, -0.2) is 0 Å². The Bertz CT molecular complexity index is 771. The molecule has 2 amide bonds. The minimum atomic E-state index is -0.484. The second kappa shape index (κ2) is 9.12. The van der Waals surface area contributed by atoms with Crippen molar-refractivity contribution in [2.45, 2.75) is 17.1 Å². The number of halogens is 2. The molecule has 2 N–H and O–H groups in total. The molecule has 0 saturated carbocycles. The first kappa shape index (κ1) is 19.6. The number of carbonyl (C=O) groups excluding carboxylic acids is 2. The number of amides is 2.